The zero-order chi connectivity index (χ0) is 14.6. The number of ether oxygens (including phenoxy) is 1. The fourth-order valence-electron chi connectivity index (χ4n) is 2.22. The average Bonchev–Trinajstić information content (AvgIpc) is 2.85. The van der Waals surface area contributed by atoms with Crippen LogP contribution in [0, 0.1) is 5.41 Å². The van der Waals surface area contributed by atoms with Crippen LogP contribution in [0.5, 0.6) is 0 Å². The highest BCUT2D eigenvalue weighted by atomic mass is 16.5. The van der Waals surface area contributed by atoms with Gasteiger partial charge < -0.3 is 21.5 Å². The first-order chi connectivity index (χ1) is 9.55. The first-order valence-corrected chi connectivity index (χ1v) is 6.46. The maximum absolute atomic E-state index is 12.4. The Bertz CT molecular complexity index is 493. The number of anilines is 1. The minimum atomic E-state index is -0.593. The van der Waals surface area contributed by atoms with Crippen LogP contribution in [0.3, 0.4) is 0 Å². The molecule has 0 spiro atoms. The lowest BCUT2D eigenvalue weighted by atomic mass is 9.79. The molecule has 0 saturated carbocycles. The van der Waals surface area contributed by atoms with E-state index in [2.05, 4.69) is 10.4 Å². The Morgan fingerprint density at radius 1 is 1.45 bits per heavy atom. The van der Waals surface area contributed by atoms with Crippen molar-refractivity contribution in [1.29, 1.82) is 0 Å². The summed E-state index contributed by atoms with van der Waals surface area (Å²) in [4.78, 5) is 23.2. The number of nitrogens with two attached hydrogens (primary N) is 2. The summed E-state index contributed by atoms with van der Waals surface area (Å²) in [5, 5.41) is 6.74. The number of amides is 2. The van der Waals surface area contributed by atoms with Crippen molar-refractivity contribution in [2.24, 2.45) is 16.9 Å². The smallest absolute Gasteiger partial charge is 0.239 e. The van der Waals surface area contributed by atoms with Crippen LogP contribution in [-0.4, -0.2) is 41.4 Å². The number of aromatic nitrogens is 2. The van der Waals surface area contributed by atoms with Gasteiger partial charge in [0.05, 0.1) is 17.3 Å². The highest BCUT2D eigenvalue weighted by Gasteiger charge is 2.38. The fourth-order valence-corrected chi connectivity index (χ4v) is 2.22. The van der Waals surface area contributed by atoms with Crippen molar-refractivity contribution in [3.63, 3.8) is 0 Å². The summed E-state index contributed by atoms with van der Waals surface area (Å²) in [6.07, 6.45) is 4.24. The second kappa shape index (κ2) is 6.02. The molecule has 1 fully saturated rings. The average molecular weight is 281 g/mol. The third-order valence-corrected chi connectivity index (χ3v) is 3.53. The number of carbonyl (C=O) groups excluding carboxylic acids is 2. The minimum absolute atomic E-state index is 0.0221. The Morgan fingerprint density at radius 2 is 2.15 bits per heavy atom. The van der Waals surface area contributed by atoms with Gasteiger partial charge in [0, 0.05) is 26.0 Å². The lowest BCUT2D eigenvalue weighted by Gasteiger charge is -2.34. The van der Waals surface area contributed by atoms with Crippen molar-refractivity contribution in [3.8, 4) is 0 Å². The third-order valence-electron chi connectivity index (χ3n) is 3.53. The normalized spacial score (nSPS) is 17.6. The van der Waals surface area contributed by atoms with E-state index in [1.165, 1.54) is 10.9 Å². The summed E-state index contributed by atoms with van der Waals surface area (Å²) in [5.41, 5.74) is 10.8. The van der Waals surface area contributed by atoms with Crippen LogP contribution in [0.1, 0.15) is 12.8 Å². The van der Waals surface area contributed by atoms with E-state index in [1.807, 2.05) is 0 Å². The molecule has 5 N–H and O–H groups in total. The van der Waals surface area contributed by atoms with Crippen molar-refractivity contribution in [3.05, 3.63) is 12.4 Å². The summed E-state index contributed by atoms with van der Waals surface area (Å²) < 4.78 is 6.64. The highest BCUT2D eigenvalue weighted by Crippen LogP contribution is 2.30. The van der Waals surface area contributed by atoms with E-state index >= 15 is 0 Å². The number of primary amides is 1. The molecule has 1 aliphatic heterocycles. The Hall–Kier alpha value is -1.93. The fraction of sp³-hybridized carbons (Fsp3) is 0.583. The van der Waals surface area contributed by atoms with Gasteiger partial charge >= 0.3 is 0 Å². The van der Waals surface area contributed by atoms with E-state index in [-0.39, 0.29) is 19.0 Å². The lowest BCUT2D eigenvalue weighted by molar-refractivity contribution is -0.130. The van der Waals surface area contributed by atoms with Crippen molar-refractivity contribution in [2.75, 3.05) is 25.1 Å². The molecule has 0 radical (unpaired) electrons. The molecule has 1 aromatic rings. The van der Waals surface area contributed by atoms with Gasteiger partial charge in [0.25, 0.3) is 0 Å². The van der Waals surface area contributed by atoms with Gasteiger partial charge in [-0.2, -0.15) is 5.10 Å². The van der Waals surface area contributed by atoms with Crippen molar-refractivity contribution >= 4 is 17.5 Å². The molecule has 20 heavy (non-hydrogen) atoms. The molecule has 8 heteroatoms. The number of nitrogens with zero attached hydrogens (tertiary/aromatic N) is 2. The molecule has 0 aliphatic carbocycles. The quantitative estimate of drug-likeness (QED) is 0.642. The van der Waals surface area contributed by atoms with Crippen LogP contribution in [0.2, 0.25) is 0 Å². The van der Waals surface area contributed by atoms with Crippen LogP contribution in [0.4, 0.5) is 5.69 Å². The maximum atomic E-state index is 12.4. The van der Waals surface area contributed by atoms with Gasteiger partial charge in [-0.1, -0.05) is 0 Å². The van der Waals surface area contributed by atoms with E-state index < -0.39 is 11.3 Å². The van der Waals surface area contributed by atoms with Crippen molar-refractivity contribution in [2.45, 2.75) is 19.4 Å². The summed E-state index contributed by atoms with van der Waals surface area (Å²) in [6.45, 7) is 1.32. The number of carbonyl (C=O) groups is 2. The molecule has 0 bridgehead atoms. The zero-order valence-corrected chi connectivity index (χ0v) is 11.2. The number of rotatable bonds is 5. The van der Waals surface area contributed by atoms with E-state index in [4.69, 9.17) is 16.2 Å². The first kappa shape index (κ1) is 14.5. The second-order valence-corrected chi connectivity index (χ2v) is 4.94. The zero-order valence-electron chi connectivity index (χ0n) is 11.2. The Morgan fingerprint density at radius 3 is 2.75 bits per heavy atom. The topological polar surface area (TPSA) is 125 Å². The molecule has 2 amide bonds. The van der Waals surface area contributed by atoms with E-state index in [0.717, 1.165) is 0 Å². The first-order valence-electron chi connectivity index (χ1n) is 6.46. The van der Waals surface area contributed by atoms with Gasteiger partial charge in [0.2, 0.25) is 11.8 Å². The van der Waals surface area contributed by atoms with E-state index in [0.29, 0.717) is 31.7 Å². The van der Waals surface area contributed by atoms with Crippen LogP contribution in [-0.2, 0) is 20.9 Å². The molecule has 0 unspecified atom stereocenters. The number of hydrogen-bond donors (Lipinski definition) is 3. The number of nitrogens with one attached hydrogen (secondary N) is 1. The standard InChI is InChI=1S/C12H19N5O3/c13-8-12(1-3-20-4-2-12)11(19)16-9-5-15-17(6-9)7-10(14)18/h5-6H,1-4,7-8,13H2,(H2,14,18)(H,16,19). The number of hydrogen-bond acceptors (Lipinski definition) is 5. The predicted octanol–water partition coefficient (Wildman–Crippen LogP) is -0.938. The molecule has 110 valence electrons. The van der Waals surface area contributed by atoms with Gasteiger partial charge in [0.1, 0.15) is 6.54 Å². The highest BCUT2D eigenvalue weighted by molar-refractivity contribution is 5.95. The van der Waals surface area contributed by atoms with Crippen LogP contribution in [0.15, 0.2) is 12.4 Å². The van der Waals surface area contributed by atoms with Gasteiger partial charge in [-0.3, -0.25) is 14.3 Å². The molecule has 8 nitrogen and oxygen atoms in total. The molecule has 0 atom stereocenters. The predicted molar refractivity (Wildman–Crippen MR) is 71.6 cm³/mol. The molecular weight excluding hydrogens is 262 g/mol. The van der Waals surface area contributed by atoms with Gasteiger partial charge in [-0.05, 0) is 12.8 Å². The molecule has 2 rings (SSSR count). The molecule has 0 aromatic carbocycles. The molecule has 2 heterocycles. The second-order valence-electron chi connectivity index (χ2n) is 4.94. The Balaban J connectivity index is 2.02. The maximum Gasteiger partial charge on any atom is 0.239 e. The van der Waals surface area contributed by atoms with Crippen LogP contribution >= 0.6 is 0 Å². The van der Waals surface area contributed by atoms with Gasteiger partial charge in [-0.25, -0.2) is 0 Å². The van der Waals surface area contributed by atoms with Crippen LogP contribution in [0.25, 0.3) is 0 Å². The summed E-state index contributed by atoms with van der Waals surface area (Å²) in [5.74, 6) is -0.629. The Labute approximate surface area is 116 Å². The summed E-state index contributed by atoms with van der Waals surface area (Å²) in [7, 11) is 0. The third kappa shape index (κ3) is 3.14. The van der Waals surface area contributed by atoms with E-state index in [9.17, 15) is 9.59 Å². The van der Waals surface area contributed by atoms with Crippen molar-refractivity contribution < 1.29 is 14.3 Å². The SMILES string of the molecule is NCC1(C(=O)Nc2cnn(CC(N)=O)c2)CCOCC1. The van der Waals surface area contributed by atoms with E-state index in [1.54, 1.807) is 6.20 Å². The monoisotopic (exact) mass is 281 g/mol. The van der Waals surface area contributed by atoms with Crippen molar-refractivity contribution in [1.82, 2.24) is 9.78 Å². The lowest BCUT2D eigenvalue weighted by Crippen LogP contribution is -2.46. The summed E-state index contributed by atoms with van der Waals surface area (Å²) >= 11 is 0. The van der Waals surface area contributed by atoms with Gasteiger partial charge in [0.15, 0.2) is 0 Å². The summed E-state index contributed by atoms with van der Waals surface area (Å²) in [6, 6.07) is 0. The molecule has 1 saturated heterocycles. The minimum Gasteiger partial charge on any atom is -0.381 e. The molecule has 1 aliphatic rings. The Kier molecular flexibility index (Phi) is 4.35. The van der Waals surface area contributed by atoms with Gasteiger partial charge in [-0.15, -0.1) is 0 Å². The molecule has 1 aromatic heterocycles. The largest absolute Gasteiger partial charge is 0.381 e. The molecular formula is C12H19N5O3. The van der Waals surface area contributed by atoms with Crippen LogP contribution < -0.4 is 16.8 Å².